The van der Waals surface area contributed by atoms with Gasteiger partial charge in [-0.3, -0.25) is 37.3 Å². The second-order valence-electron chi connectivity index (χ2n) is 27.3. The van der Waals surface area contributed by atoms with Crippen LogP contribution in [-0.4, -0.2) is 96.7 Å². The molecular formula is C87H148O17P2. The van der Waals surface area contributed by atoms with E-state index >= 15 is 0 Å². The van der Waals surface area contributed by atoms with Crippen molar-refractivity contribution < 1.29 is 80.2 Å². The third-order valence-corrected chi connectivity index (χ3v) is 19.0. The van der Waals surface area contributed by atoms with E-state index in [4.69, 9.17) is 37.0 Å². The maximum atomic E-state index is 13.1. The molecule has 608 valence electrons. The average Bonchev–Trinajstić information content (AvgIpc) is 0.899. The van der Waals surface area contributed by atoms with Crippen LogP contribution in [-0.2, 0) is 65.4 Å². The Morgan fingerprint density at radius 3 is 0.783 bits per heavy atom. The molecule has 0 aliphatic rings. The Labute approximate surface area is 644 Å². The minimum absolute atomic E-state index is 0.0525. The lowest BCUT2D eigenvalue weighted by molar-refractivity contribution is -0.161. The third-order valence-electron chi connectivity index (χ3n) is 17.1. The molecule has 0 saturated heterocycles. The molecule has 2 unspecified atom stereocenters. The van der Waals surface area contributed by atoms with E-state index in [0.717, 1.165) is 167 Å². The van der Waals surface area contributed by atoms with Crippen LogP contribution in [0.5, 0.6) is 0 Å². The Morgan fingerprint density at radius 2 is 0.491 bits per heavy atom. The van der Waals surface area contributed by atoms with Crippen molar-refractivity contribution in [2.24, 2.45) is 0 Å². The number of ether oxygens (including phenoxy) is 4. The monoisotopic (exact) mass is 1530 g/mol. The Morgan fingerprint density at radius 1 is 0.274 bits per heavy atom. The number of esters is 4. The summed E-state index contributed by atoms with van der Waals surface area (Å²) in [5, 5.41) is 10.7. The molecule has 0 radical (unpaired) electrons. The fourth-order valence-electron chi connectivity index (χ4n) is 10.9. The second kappa shape index (κ2) is 78.3. The highest BCUT2D eigenvalue weighted by Crippen LogP contribution is 2.45. The van der Waals surface area contributed by atoms with Gasteiger partial charge < -0.3 is 33.8 Å². The number of rotatable bonds is 77. The summed E-state index contributed by atoms with van der Waals surface area (Å²) in [6.45, 7) is 4.59. The minimum atomic E-state index is -4.99. The highest BCUT2D eigenvalue weighted by Gasteiger charge is 2.30. The molecule has 0 aromatic rings. The maximum absolute atomic E-state index is 13.1. The highest BCUT2D eigenvalue weighted by atomic mass is 31.2. The number of aliphatic hydroxyl groups excluding tert-OH is 1. The lowest BCUT2D eigenvalue weighted by Crippen LogP contribution is -2.30. The van der Waals surface area contributed by atoms with E-state index in [1.54, 1.807) is 0 Å². The number of hydrogen-bond acceptors (Lipinski definition) is 15. The molecule has 0 saturated carbocycles. The van der Waals surface area contributed by atoms with E-state index in [1.807, 2.05) is 0 Å². The standard InChI is InChI=1S/C87H148O17P2/c1-5-9-13-17-21-25-29-33-36-38-40-42-45-49-52-56-60-64-68-72-85(90)98-77-82(103-86(91)73-69-65-61-57-53-47-32-28-24-20-16-12-8-4)79-101-105(93,94)99-75-81(88)76-100-106(95,96)102-80-83(78-97-84(89)71-67-63-59-55-51-48-44-35-31-27-23-19-15-11-7-3)104-87(92)74-70-66-62-58-54-50-46-43-41-39-37-34-30-26-22-18-14-10-6-2/h9-10,13-14,21-22,25-27,31,33-34,36-37,40-43,49-50,52,54,81-83,88H,5-8,11-12,15-20,23-24,28-30,32,35,38-39,44-48,51,53,55-80H2,1-4H3,(H,93,94)(H,95,96)/b13-9-,14-10-,25-21-,26-22-,31-27-,36-33-,37-34-,42-40-,43-41-,52-49-,54-50-/t81-,82-,83-/m1/s1. The summed E-state index contributed by atoms with van der Waals surface area (Å²) in [6, 6.07) is 0. The van der Waals surface area contributed by atoms with Crippen LogP contribution in [0.2, 0.25) is 0 Å². The molecule has 0 aliphatic heterocycles. The lowest BCUT2D eigenvalue weighted by atomic mass is 10.0. The summed E-state index contributed by atoms with van der Waals surface area (Å²) in [6.07, 6.45) is 88.5. The predicted octanol–water partition coefficient (Wildman–Crippen LogP) is 24.4. The first kappa shape index (κ1) is 101. The molecule has 0 aromatic carbocycles. The van der Waals surface area contributed by atoms with E-state index in [2.05, 4.69) is 161 Å². The predicted molar refractivity (Wildman–Crippen MR) is 436 cm³/mol. The molecular weight excluding hydrogens is 1380 g/mol. The van der Waals surface area contributed by atoms with Crippen LogP contribution >= 0.6 is 15.6 Å². The Kier molecular flexibility index (Phi) is 74.8. The van der Waals surface area contributed by atoms with Gasteiger partial charge in [0, 0.05) is 25.7 Å². The lowest BCUT2D eigenvalue weighted by Gasteiger charge is -2.21. The van der Waals surface area contributed by atoms with Gasteiger partial charge in [-0.25, -0.2) is 9.13 Å². The minimum Gasteiger partial charge on any atom is -0.462 e. The maximum Gasteiger partial charge on any atom is 0.472 e. The van der Waals surface area contributed by atoms with E-state index < -0.39 is 97.5 Å². The zero-order chi connectivity index (χ0) is 77.4. The van der Waals surface area contributed by atoms with Crippen molar-refractivity contribution >= 4 is 39.5 Å². The third kappa shape index (κ3) is 77.4. The molecule has 19 heteroatoms. The molecule has 0 bridgehead atoms. The molecule has 106 heavy (non-hydrogen) atoms. The van der Waals surface area contributed by atoms with Crippen LogP contribution in [0.25, 0.3) is 0 Å². The van der Waals surface area contributed by atoms with Crippen LogP contribution in [0, 0.1) is 0 Å². The summed E-state index contributed by atoms with van der Waals surface area (Å²) in [4.78, 5) is 73.1. The zero-order valence-electron chi connectivity index (χ0n) is 66.6. The van der Waals surface area contributed by atoms with E-state index in [1.165, 1.54) is 89.9 Å². The van der Waals surface area contributed by atoms with Crippen LogP contribution in [0.3, 0.4) is 0 Å². The molecule has 0 rings (SSSR count). The van der Waals surface area contributed by atoms with Crippen LogP contribution in [0.15, 0.2) is 134 Å². The number of carbonyl (C=O) groups is 4. The summed E-state index contributed by atoms with van der Waals surface area (Å²) in [5.41, 5.74) is 0. The van der Waals surface area contributed by atoms with Crippen molar-refractivity contribution in [1.29, 1.82) is 0 Å². The summed E-state index contributed by atoms with van der Waals surface area (Å²) in [7, 11) is -9.98. The Hall–Kier alpha value is -4.80. The molecule has 3 N–H and O–H groups in total. The molecule has 0 fully saturated rings. The van der Waals surface area contributed by atoms with Crippen molar-refractivity contribution in [1.82, 2.24) is 0 Å². The largest absolute Gasteiger partial charge is 0.472 e. The fraction of sp³-hybridized carbons (Fsp3) is 0.701. The molecule has 0 heterocycles. The van der Waals surface area contributed by atoms with Crippen molar-refractivity contribution in [2.75, 3.05) is 39.6 Å². The number of unbranched alkanes of at least 4 members (excludes halogenated alkanes) is 29. The van der Waals surface area contributed by atoms with Gasteiger partial charge in [-0.1, -0.05) is 303 Å². The quantitative estimate of drug-likeness (QED) is 0.0169. The molecule has 17 nitrogen and oxygen atoms in total. The van der Waals surface area contributed by atoms with Gasteiger partial charge in [0.05, 0.1) is 26.4 Å². The van der Waals surface area contributed by atoms with Crippen molar-refractivity contribution in [3.8, 4) is 0 Å². The summed E-state index contributed by atoms with van der Waals surface area (Å²) >= 11 is 0. The van der Waals surface area contributed by atoms with E-state index in [9.17, 15) is 43.2 Å². The fourth-order valence-corrected chi connectivity index (χ4v) is 12.4. The number of carbonyl (C=O) groups excluding carboxylic acids is 4. The molecule has 5 atom stereocenters. The van der Waals surface area contributed by atoms with Crippen molar-refractivity contribution in [3.63, 3.8) is 0 Å². The molecule has 0 aromatic heterocycles. The first-order valence-corrected chi connectivity index (χ1v) is 44.4. The van der Waals surface area contributed by atoms with Crippen LogP contribution in [0.4, 0.5) is 0 Å². The first-order chi connectivity index (χ1) is 51.7. The summed E-state index contributed by atoms with van der Waals surface area (Å²) in [5.74, 6) is -2.24. The number of hydrogen-bond donors (Lipinski definition) is 3. The Bertz CT molecular complexity index is 2530. The normalized spacial score (nSPS) is 14.5. The van der Waals surface area contributed by atoms with Crippen molar-refractivity contribution in [3.05, 3.63) is 134 Å². The van der Waals surface area contributed by atoms with Gasteiger partial charge in [0.25, 0.3) is 0 Å². The van der Waals surface area contributed by atoms with Gasteiger partial charge in [0.15, 0.2) is 12.2 Å². The number of aliphatic hydroxyl groups is 1. The highest BCUT2D eigenvalue weighted by molar-refractivity contribution is 7.47. The van der Waals surface area contributed by atoms with Gasteiger partial charge >= 0.3 is 39.5 Å². The molecule has 0 spiro atoms. The van der Waals surface area contributed by atoms with E-state index in [-0.39, 0.29) is 25.7 Å². The SMILES string of the molecule is CC/C=C\C/C=C\C/C=C\C/C=C\C/C=C\CCCCCC(=O)OC[C@H](COP(=O)(O)OC[C@@H](O)COP(=O)(O)OC[C@@H](COC(=O)CCCCCCCCC/C=C\CCCCCC)OC(=O)CCCCC/C=C\C/C=C\C/C=C\C/C=C\C/C=C\CC)OC(=O)CCCCCCCCCCCCCCC. The van der Waals surface area contributed by atoms with Gasteiger partial charge in [0.2, 0.25) is 0 Å². The van der Waals surface area contributed by atoms with Gasteiger partial charge in [-0.2, -0.15) is 0 Å². The molecule has 0 amide bonds. The van der Waals surface area contributed by atoms with Gasteiger partial charge in [0.1, 0.15) is 19.3 Å². The van der Waals surface area contributed by atoms with Crippen LogP contribution in [0.1, 0.15) is 336 Å². The topological polar surface area (TPSA) is 237 Å². The number of phosphoric ester groups is 2. The van der Waals surface area contributed by atoms with Crippen molar-refractivity contribution in [2.45, 2.75) is 354 Å². The number of allylic oxidation sites excluding steroid dienone is 22. The Balaban J connectivity index is 5.42. The summed E-state index contributed by atoms with van der Waals surface area (Å²) < 4.78 is 68.7. The van der Waals surface area contributed by atoms with Gasteiger partial charge in [-0.15, -0.1) is 0 Å². The number of phosphoric acid groups is 2. The van der Waals surface area contributed by atoms with Crippen LogP contribution < -0.4 is 0 Å². The first-order valence-electron chi connectivity index (χ1n) is 41.4. The smallest absolute Gasteiger partial charge is 0.462 e. The molecule has 0 aliphatic carbocycles. The second-order valence-corrected chi connectivity index (χ2v) is 30.2. The van der Waals surface area contributed by atoms with E-state index in [0.29, 0.717) is 25.7 Å². The zero-order valence-corrected chi connectivity index (χ0v) is 68.4. The van der Waals surface area contributed by atoms with Gasteiger partial charge in [-0.05, 0) is 141 Å². The average molecular weight is 1530 g/mol.